The number of carbonyl (C=O) groups is 2. The number of hydrogen-bond donors (Lipinski definition) is 2. The molecule has 0 bridgehead atoms. The van der Waals surface area contributed by atoms with Gasteiger partial charge in [-0.3, -0.25) is 9.59 Å². The summed E-state index contributed by atoms with van der Waals surface area (Å²) in [7, 11) is 0. The summed E-state index contributed by atoms with van der Waals surface area (Å²) in [5.41, 5.74) is 0. The molecule has 92 valence electrons. The van der Waals surface area contributed by atoms with Crippen LogP contribution in [-0.4, -0.2) is 41.0 Å². The summed E-state index contributed by atoms with van der Waals surface area (Å²) in [4.78, 5) is 24.2. The number of aliphatic carboxylic acids is 1. The van der Waals surface area contributed by atoms with E-state index in [1.54, 1.807) is 23.3 Å². The molecule has 1 fully saturated rings. The number of nitrogens with zero attached hydrogens (tertiary/aromatic N) is 1. The average molecular weight is 238 g/mol. The Morgan fingerprint density at radius 2 is 2.47 bits per heavy atom. The van der Waals surface area contributed by atoms with Crippen molar-refractivity contribution in [2.75, 3.05) is 13.1 Å². The first-order valence-electron chi connectivity index (χ1n) is 5.43. The lowest BCUT2D eigenvalue weighted by Crippen LogP contribution is -2.55. The maximum atomic E-state index is 11.9. The van der Waals surface area contributed by atoms with Crippen molar-refractivity contribution in [2.45, 2.75) is 19.0 Å². The zero-order chi connectivity index (χ0) is 12.3. The first-order chi connectivity index (χ1) is 8.16. The number of rotatable bonds is 4. The Morgan fingerprint density at radius 1 is 1.65 bits per heavy atom. The summed E-state index contributed by atoms with van der Waals surface area (Å²) in [5, 5.41) is 11.6. The third-order valence-electron chi connectivity index (χ3n) is 2.69. The van der Waals surface area contributed by atoms with Crippen LogP contribution in [0.25, 0.3) is 0 Å². The standard InChI is InChI=1S/C11H14N2O4/c14-10(15)6-9-11(16)13(4-3-12-9)7-8-2-1-5-17-8/h1-2,5,9,12H,3-4,6-7H2,(H,14,15). The Bertz CT molecular complexity index is 402. The lowest BCUT2D eigenvalue weighted by Gasteiger charge is -2.31. The van der Waals surface area contributed by atoms with Gasteiger partial charge in [-0.25, -0.2) is 0 Å². The molecule has 0 saturated carbocycles. The minimum absolute atomic E-state index is 0.185. The SMILES string of the molecule is O=C(O)CC1NCCN(Cc2ccco2)C1=O. The molecule has 1 aromatic rings. The van der Waals surface area contributed by atoms with Gasteiger partial charge in [-0.1, -0.05) is 0 Å². The Kier molecular flexibility index (Phi) is 3.43. The smallest absolute Gasteiger partial charge is 0.305 e. The highest BCUT2D eigenvalue weighted by atomic mass is 16.4. The fourth-order valence-corrected chi connectivity index (χ4v) is 1.87. The van der Waals surface area contributed by atoms with E-state index >= 15 is 0 Å². The van der Waals surface area contributed by atoms with Crippen LogP contribution in [0.3, 0.4) is 0 Å². The van der Waals surface area contributed by atoms with E-state index in [1.165, 1.54) is 0 Å². The molecule has 1 saturated heterocycles. The summed E-state index contributed by atoms with van der Waals surface area (Å²) in [5.74, 6) is -0.458. The van der Waals surface area contributed by atoms with Crippen LogP contribution in [0.15, 0.2) is 22.8 Å². The molecule has 1 atom stereocenters. The van der Waals surface area contributed by atoms with Crippen molar-refractivity contribution >= 4 is 11.9 Å². The van der Waals surface area contributed by atoms with Crippen LogP contribution in [-0.2, 0) is 16.1 Å². The minimum atomic E-state index is -0.976. The van der Waals surface area contributed by atoms with Crippen molar-refractivity contribution in [1.29, 1.82) is 0 Å². The number of carboxylic acids is 1. The van der Waals surface area contributed by atoms with Gasteiger partial charge in [0.25, 0.3) is 0 Å². The quantitative estimate of drug-likeness (QED) is 0.774. The molecular weight excluding hydrogens is 224 g/mol. The Labute approximate surface area is 98.2 Å². The highest BCUT2D eigenvalue weighted by Crippen LogP contribution is 2.11. The Hall–Kier alpha value is -1.82. The van der Waals surface area contributed by atoms with Crippen LogP contribution in [0.4, 0.5) is 0 Å². The summed E-state index contributed by atoms with van der Waals surface area (Å²) in [6.07, 6.45) is 1.37. The number of carboxylic acid groups (broad SMARTS) is 1. The molecule has 0 radical (unpaired) electrons. The summed E-state index contributed by atoms with van der Waals surface area (Å²) in [6.45, 7) is 1.56. The van der Waals surface area contributed by atoms with Crippen LogP contribution in [0.2, 0.25) is 0 Å². The molecule has 1 aliphatic rings. The van der Waals surface area contributed by atoms with Crippen molar-refractivity contribution in [1.82, 2.24) is 10.2 Å². The van der Waals surface area contributed by atoms with E-state index < -0.39 is 12.0 Å². The molecule has 17 heavy (non-hydrogen) atoms. The van der Waals surface area contributed by atoms with Gasteiger partial charge in [-0.05, 0) is 12.1 Å². The van der Waals surface area contributed by atoms with Gasteiger partial charge in [-0.15, -0.1) is 0 Å². The topological polar surface area (TPSA) is 82.8 Å². The molecular formula is C11H14N2O4. The molecule has 0 aromatic carbocycles. The fourth-order valence-electron chi connectivity index (χ4n) is 1.87. The van der Waals surface area contributed by atoms with Gasteiger partial charge in [-0.2, -0.15) is 0 Å². The highest BCUT2D eigenvalue weighted by molar-refractivity contribution is 5.86. The van der Waals surface area contributed by atoms with Gasteiger partial charge in [0.15, 0.2) is 0 Å². The molecule has 1 unspecified atom stereocenters. The first-order valence-corrected chi connectivity index (χ1v) is 5.43. The second kappa shape index (κ2) is 5.01. The molecule has 1 amide bonds. The van der Waals surface area contributed by atoms with E-state index in [4.69, 9.17) is 9.52 Å². The summed E-state index contributed by atoms with van der Waals surface area (Å²) < 4.78 is 5.17. The molecule has 2 rings (SSSR count). The van der Waals surface area contributed by atoms with E-state index in [0.717, 1.165) is 0 Å². The predicted molar refractivity (Wildman–Crippen MR) is 58.2 cm³/mol. The number of furan rings is 1. The van der Waals surface area contributed by atoms with Crippen molar-refractivity contribution in [3.63, 3.8) is 0 Å². The molecule has 0 spiro atoms. The molecule has 1 aliphatic heterocycles. The van der Waals surface area contributed by atoms with Gasteiger partial charge in [0.05, 0.1) is 25.3 Å². The number of nitrogens with one attached hydrogen (secondary N) is 1. The molecule has 0 aliphatic carbocycles. The third-order valence-corrected chi connectivity index (χ3v) is 2.69. The lowest BCUT2D eigenvalue weighted by atomic mass is 10.1. The number of hydrogen-bond acceptors (Lipinski definition) is 4. The van der Waals surface area contributed by atoms with Crippen molar-refractivity contribution in [3.8, 4) is 0 Å². The normalized spacial score (nSPS) is 20.6. The van der Waals surface area contributed by atoms with E-state index in [-0.39, 0.29) is 12.3 Å². The molecule has 6 heteroatoms. The van der Waals surface area contributed by atoms with E-state index in [2.05, 4.69) is 5.32 Å². The van der Waals surface area contributed by atoms with Crippen LogP contribution < -0.4 is 5.32 Å². The molecule has 1 aromatic heterocycles. The molecule has 2 N–H and O–H groups in total. The maximum Gasteiger partial charge on any atom is 0.305 e. The van der Waals surface area contributed by atoms with E-state index in [9.17, 15) is 9.59 Å². The van der Waals surface area contributed by atoms with Crippen molar-refractivity contribution in [2.24, 2.45) is 0 Å². The van der Waals surface area contributed by atoms with Gasteiger partial charge in [0.1, 0.15) is 5.76 Å². The zero-order valence-corrected chi connectivity index (χ0v) is 9.26. The van der Waals surface area contributed by atoms with Crippen molar-refractivity contribution in [3.05, 3.63) is 24.2 Å². The van der Waals surface area contributed by atoms with Crippen molar-refractivity contribution < 1.29 is 19.1 Å². The predicted octanol–water partition coefficient (Wildman–Crippen LogP) is 0.0547. The van der Waals surface area contributed by atoms with Gasteiger partial charge in [0, 0.05) is 13.1 Å². The summed E-state index contributed by atoms with van der Waals surface area (Å²) in [6, 6.07) is 2.93. The highest BCUT2D eigenvalue weighted by Gasteiger charge is 2.30. The Morgan fingerprint density at radius 3 is 3.12 bits per heavy atom. The maximum absolute atomic E-state index is 11.9. The van der Waals surface area contributed by atoms with Gasteiger partial charge in [0.2, 0.25) is 5.91 Å². The fraction of sp³-hybridized carbons (Fsp3) is 0.455. The number of amides is 1. The molecule has 6 nitrogen and oxygen atoms in total. The van der Waals surface area contributed by atoms with Crippen LogP contribution in [0, 0.1) is 0 Å². The Balaban J connectivity index is 1.98. The van der Waals surface area contributed by atoms with Crippen LogP contribution in [0.1, 0.15) is 12.2 Å². The number of carbonyl (C=O) groups excluding carboxylic acids is 1. The van der Waals surface area contributed by atoms with E-state index in [1.807, 2.05) is 0 Å². The van der Waals surface area contributed by atoms with Crippen LogP contribution >= 0.6 is 0 Å². The first kappa shape index (κ1) is 11.7. The van der Waals surface area contributed by atoms with Gasteiger partial charge >= 0.3 is 5.97 Å². The second-order valence-corrected chi connectivity index (χ2v) is 3.94. The largest absolute Gasteiger partial charge is 0.481 e. The monoisotopic (exact) mass is 238 g/mol. The number of piperazine rings is 1. The minimum Gasteiger partial charge on any atom is -0.481 e. The third kappa shape index (κ3) is 2.85. The zero-order valence-electron chi connectivity index (χ0n) is 9.26. The summed E-state index contributed by atoms with van der Waals surface area (Å²) >= 11 is 0. The second-order valence-electron chi connectivity index (χ2n) is 3.94. The van der Waals surface area contributed by atoms with Gasteiger partial charge < -0.3 is 19.7 Å². The van der Waals surface area contributed by atoms with E-state index in [0.29, 0.717) is 25.4 Å². The van der Waals surface area contributed by atoms with Crippen LogP contribution in [0.5, 0.6) is 0 Å². The lowest BCUT2D eigenvalue weighted by molar-refractivity contribution is -0.144. The average Bonchev–Trinajstić information content (AvgIpc) is 2.76. The molecule has 2 heterocycles.